The van der Waals surface area contributed by atoms with Gasteiger partial charge in [-0.1, -0.05) is 11.6 Å². The van der Waals surface area contributed by atoms with Crippen molar-refractivity contribution in [2.75, 3.05) is 14.2 Å². The van der Waals surface area contributed by atoms with E-state index in [0.717, 1.165) is 21.4 Å². The molecule has 0 fully saturated rings. The molecule has 8 aromatic rings. The summed E-state index contributed by atoms with van der Waals surface area (Å²) in [5.74, 6) is -1.83. The number of esters is 4. The fourth-order valence-corrected chi connectivity index (χ4v) is 25.3. The van der Waals surface area contributed by atoms with Crippen molar-refractivity contribution in [3.05, 3.63) is 87.0 Å². The molecule has 2 N–H and O–H groups in total. The van der Waals surface area contributed by atoms with E-state index in [-0.39, 0.29) is 36.5 Å². The number of unbranched alkanes of at least 4 members (excludes halogenated alkanes) is 3. The van der Waals surface area contributed by atoms with Crippen LogP contribution in [0.15, 0.2) is 65.8 Å². The van der Waals surface area contributed by atoms with Crippen molar-refractivity contribution in [1.82, 2.24) is 49.5 Å². The Balaban J connectivity index is 0.000000189. The molecule has 0 aliphatic heterocycles. The average Bonchev–Trinajstić information content (AvgIpc) is 4.19. The number of rotatable bonds is 17. The number of fused-ring (bicyclic) bond motifs is 4. The quantitative estimate of drug-likeness (QED) is 0.0492. The Bertz CT molecular complexity index is 3320. The molecule has 0 bridgehead atoms. The minimum Gasteiger partial charge on any atom is -0.465 e. The van der Waals surface area contributed by atoms with Gasteiger partial charge in [0.25, 0.3) is 0 Å². The van der Waals surface area contributed by atoms with Crippen molar-refractivity contribution < 1.29 is 38.1 Å². The Labute approximate surface area is 464 Å². The van der Waals surface area contributed by atoms with Gasteiger partial charge in [0.1, 0.15) is 38.2 Å². The van der Waals surface area contributed by atoms with E-state index >= 15 is 0 Å². The molecule has 0 spiro atoms. The maximum Gasteiger partial charge on any atom is 0.341 e. The summed E-state index contributed by atoms with van der Waals surface area (Å²) in [6, 6.07) is 11.6. The molecular formula is C54H67BrCl2N10O8Sn. The van der Waals surface area contributed by atoms with E-state index < -0.39 is 41.1 Å². The van der Waals surface area contributed by atoms with Crippen LogP contribution in [0, 0.1) is 10.8 Å². The minimum atomic E-state index is -2.43. The average molecular weight is 1250 g/mol. The fraction of sp³-hybridized carbons (Fsp3) is 0.444. The monoisotopic (exact) mass is 1250 g/mol. The van der Waals surface area contributed by atoms with Crippen molar-refractivity contribution in [1.29, 1.82) is 0 Å². The Kier molecular flexibility index (Phi) is 20.5. The maximum absolute atomic E-state index is 12.3. The van der Waals surface area contributed by atoms with Gasteiger partial charge in [-0.15, -0.1) is 0 Å². The van der Waals surface area contributed by atoms with Gasteiger partial charge in [0.2, 0.25) is 0 Å². The molecule has 0 amide bonds. The van der Waals surface area contributed by atoms with Crippen LogP contribution in [0.4, 0.5) is 0 Å². The van der Waals surface area contributed by atoms with Gasteiger partial charge in [-0.3, -0.25) is 23.8 Å². The van der Waals surface area contributed by atoms with E-state index in [1.807, 2.05) is 18.2 Å². The second-order valence-electron chi connectivity index (χ2n) is 20.5. The second-order valence-corrected chi connectivity index (χ2v) is 35.2. The van der Waals surface area contributed by atoms with E-state index in [9.17, 15) is 19.2 Å². The van der Waals surface area contributed by atoms with Gasteiger partial charge in [-0.05, 0) is 75.7 Å². The Hall–Kier alpha value is -5.64. The summed E-state index contributed by atoms with van der Waals surface area (Å²) < 4.78 is 29.8. The van der Waals surface area contributed by atoms with E-state index in [1.165, 1.54) is 90.0 Å². The van der Waals surface area contributed by atoms with Crippen LogP contribution in [-0.2, 0) is 42.0 Å². The van der Waals surface area contributed by atoms with Gasteiger partial charge in [0.15, 0.2) is 24.8 Å². The van der Waals surface area contributed by atoms with Crippen molar-refractivity contribution >= 4 is 129 Å². The summed E-state index contributed by atoms with van der Waals surface area (Å²) in [5, 5.41) is 18.9. The molecule has 6 heterocycles. The molecule has 18 nitrogen and oxygen atoms in total. The minimum absolute atomic E-state index is 0.0556. The second kappa shape index (κ2) is 26.1. The van der Waals surface area contributed by atoms with Gasteiger partial charge in [0, 0.05) is 22.8 Å². The molecule has 22 heteroatoms. The van der Waals surface area contributed by atoms with E-state index in [4.69, 9.17) is 42.1 Å². The predicted octanol–water partition coefficient (Wildman–Crippen LogP) is 12.8. The number of carbonyl (C=O) groups is 4. The number of hydrogen-bond acceptors (Lipinski definition) is 14. The SMILES string of the molecule is CCC[CH2][Sn]([CH2]CCC)([CH2]CCC)[c]1[nH]nc2cc(Cl)ccc12.COC(=O)c1cn(COC(=O)C(C)(C)C)c2ncc(-c3n[nH]c4cc(Cl)ccc34)nc12.COC(=O)c1cn(COC(=O)C(C)(C)C)c2ncc(Br)nc12. The first kappa shape index (κ1) is 59.6. The third-order valence-corrected chi connectivity index (χ3v) is 28.8. The van der Waals surface area contributed by atoms with Crippen LogP contribution in [0.2, 0.25) is 23.4 Å². The number of methoxy groups -OCH3 is 2. The van der Waals surface area contributed by atoms with Crippen molar-refractivity contribution in [2.45, 2.75) is 128 Å². The summed E-state index contributed by atoms with van der Waals surface area (Å²) in [4.78, 5) is 65.7. The summed E-state index contributed by atoms with van der Waals surface area (Å²) in [6.45, 7) is 17.4. The molecule has 0 radical (unpaired) electrons. The number of carbonyl (C=O) groups excluding carboxylic acids is 4. The van der Waals surface area contributed by atoms with Crippen molar-refractivity contribution in [3.8, 4) is 11.4 Å². The molecule has 8 rings (SSSR count). The van der Waals surface area contributed by atoms with Crippen molar-refractivity contribution in [2.24, 2.45) is 10.8 Å². The first-order valence-electron chi connectivity index (χ1n) is 25.3. The number of nitrogens with zero attached hydrogens (tertiary/aromatic N) is 8. The standard InChI is InChI=1S/C21H20ClN5O4.C14H16BrN3O4.C7H4ClN2.3C4H9.Sn/c1-21(2,3)20(29)31-10-27-9-13(19(28)30-4)17-18(27)23-8-15(24-17)16-12-6-5-11(22)7-14(12)25-26-16;1-14(2,3)13(20)22-7-18-6-8(12(19)21-4)10-11(18)16-5-9(15)17-10;8-6-2-1-5-4-9-10-7(5)3-6;3*1-3-4-2;/h5-9H,10H2,1-4H3,(H,25,26);5-6H,7H2,1-4H3;1-3H,(H,9,10);3*1,3-4H2,2H3;. The van der Waals surface area contributed by atoms with Gasteiger partial charge in [-0.2, -0.15) is 5.10 Å². The zero-order chi connectivity index (χ0) is 55.5. The molecular weight excluding hydrogens is 1190 g/mol. The molecule has 76 heavy (non-hydrogen) atoms. The number of nitrogens with one attached hydrogen (secondary N) is 2. The molecule has 0 aliphatic carbocycles. The van der Waals surface area contributed by atoms with Crippen LogP contribution in [0.25, 0.3) is 55.5 Å². The number of halogens is 3. The normalized spacial score (nSPS) is 11.8. The Morgan fingerprint density at radius 3 is 1.64 bits per heavy atom. The van der Waals surface area contributed by atoms with Crippen molar-refractivity contribution in [3.63, 3.8) is 0 Å². The number of aromatic nitrogens is 10. The van der Waals surface area contributed by atoms with Crippen LogP contribution in [-0.4, -0.2) is 106 Å². The van der Waals surface area contributed by atoms with Crippen LogP contribution in [0.1, 0.15) is 122 Å². The van der Waals surface area contributed by atoms with E-state index in [0.29, 0.717) is 43.3 Å². The Morgan fingerprint density at radius 2 is 1.14 bits per heavy atom. The van der Waals surface area contributed by atoms with Gasteiger partial charge in [-0.25, -0.2) is 29.5 Å². The van der Waals surface area contributed by atoms with E-state index in [1.54, 1.807) is 72.7 Å². The molecule has 0 aliphatic rings. The fourth-order valence-electron chi connectivity index (χ4n) is 8.47. The summed E-state index contributed by atoms with van der Waals surface area (Å²) in [6.07, 6.45) is 14.1. The van der Waals surface area contributed by atoms with Gasteiger partial charge in [0.05, 0.1) is 43.0 Å². The number of ether oxygens (including phenoxy) is 4. The molecule has 0 saturated carbocycles. The number of hydrogen-bond donors (Lipinski definition) is 2. The topological polar surface area (TPSA) is 224 Å². The first-order valence-corrected chi connectivity index (χ1v) is 34.3. The van der Waals surface area contributed by atoms with Gasteiger partial charge < -0.3 is 18.9 Å². The molecule has 0 saturated heterocycles. The molecule has 6 aromatic heterocycles. The molecule has 2 aromatic carbocycles. The number of aromatic amines is 2. The predicted molar refractivity (Wildman–Crippen MR) is 302 cm³/mol. The smallest absolute Gasteiger partial charge is 0.341 e. The zero-order valence-corrected chi connectivity index (χ0v) is 51.0. The molecule has 0 unspecified atom stereocenters. The first-order chi connectivity index (χ1) is 36.1. The Morgan fingerprint density at radius 1 is 0.658 bits per heavy atom. The maximum atomic E-state index is 12.3. The zero-order valence-electron chi connectivity index (χ0n) is 45.0. The van der Waals surface area contributed by atoms with Gasteiger partial charge >= 0.3 is 174 Å². The van der Waals surface area contributed by atoms with E-state index in [2.05, 4.69) is 83.1 Å². The summed E-state index contributed by atoms with van der Waals surface area (Å²) >= 11 is 13.0. The third kappa shape index (κ3) is 14.3. The number of benzene rings is 2. The van der Waals surface area contributed by atoms with Crippen LogP contribution in [0.5, 0.6) is 0 Å². The summed E-state index contributed by atoms with van der Waals surface area (Å²) in [5.41, 5.74) is 3.58. The third-order valence-electron chi connectivity index (χ3n) is 12.6. The largest absolute Gasteiger partial charge is 0.465 e. The summed E-state index contributed by atoms with van der Waals surface area (Å²) in [7, 11) is 2.57. The number of H-pyrrole nitrogens is 2. The van der Waals surface area contributed by atoms with Crippen LogP contribution < -0.4 is 3.71 Å². The molecule has 406 valence electrons. The molecule has 0 atom stereocenters. The van der Waals surface area contributed by atoms with Crippen LogP contribution >= 0.6 is 39.1 Å². The van der Waals surface area contributed by atoms with Crippen LogP contribution in [0.3, 0.4) is 0 Å².